The van der Waals surface area contributed by atoms with Crippen molar-refractivity contribution in [3.63, 3.8) is 0 Å². The maximum atomic E-state index is 13.6. The highest BCUT2D eigenvalue weighted by Gasteiger charge is 2.07. The van der Waals surface area contributed by atoms with Crippen LogP contribution in [0.3, 0.4) is 0 Å². The van der Waals surface area contributed by atoms with Crippen molar-refractivity contribution in [3.05, 3.63) is 59.7 Å². The molecule has 0 radical (unpaired) electrons. The Bertz CT molecular complexity index is 549. The third-order valence-corrected chi connectivity index (χ3v) is 3.09. The van der Waals surface area contributed by atoms with Crippen molar-refractivity contribution in [2.24, 2.45) is 5.92 Å². The molecule has 100 valence electrons. The van der Waals surface area contributed by atoms with Gasteiger partial charge in [0.2, 0.25) is 0 Å². The zero-order chi connectivity index (χ0) is 13.8. The molecule has 0 aliphatic rings. The summed E-state index contributed by atoms with van der Waals surface area (Å²) in [4.78, 5) is 0. The number of benzene rings is 2. The summed E-state index contributed by atoms with van der Waals surface area (Å²) in [5.41, 5.74) is 2.20. The average molecular weight is 262 g/mol. The van der Waals surface area contributed by atoms with Gasteiger partial charge in [0.05, 0.1) is 0 Å². The van der Waals surface area contributed by atoms with Crippen LogP contribution in [-0.2, 0) is 6.42 Å². The van der Waals surface area contributed by atoms with Crippen molar-refractivity contribution >= 4 is 0 Å². The van der Waals surface area contributed by atoms with E-state index >= 15 is 0 Å². The van der Waals surface area contributed by atoms with E-state index < -0.39 is 11.6 Å². The van der Waals surface area contributed by atoms with Gasteiger partial charge in [-0.25, -0.2) is 8.78 Å². The van der Waals surface area contributed by atoms with Gasteiger partial charge in [0.15, 0.2) is 0 Å². The first-order valence-corrected chi connectivity index (χ1v) is 6.25. The molecule has 19 heavy (non-hydrogen) atoms. The van der Waals surface area contributed by atoms with Crippen LogP contribution >= 0.6 is 0 Å². The molecule has 0 saturated carbocycles. The zero-order valence-corrected chi connectivity index (χ0v) is 10.7. The van der Waals surface area contributed by atoms with Gasteiger partial charge in [-0.1, -0.05) is 31.2 Å². The van der Waals surface area contributed by atoms with Crippen LogP contribution in [0.15, 0.2) is 42.5 Å². The minimum absolute atomic E-state index is 0.147. The number of halogens is 2. The van der Waals surface area contributed by atoms with Gasteiger partial charge in [0.25, 0.3) is 0 Å². The van der Waals surface area contributed by atoms with E-state index in [-0.39, 0.29) is 12.5 Å². The summed E-state index contributed by atoms with van der Waals surface area (Å²) < 4.78 is 26.5. The van der Waals surface area contributed by atoms with E-state index in [0.717, 1.165) is 23.6 Å². The van der Waals surface area contributed by atoms with Gasteiger partial charge in [-0.3, -0.25) is 0 Å². The van der Waals surface area contributed by atoms with E-state index in [2.05, 4.69) is 0 Å². The van der Waals surface area contributed by atoms with Gasteiger partial charge >= 0.3 is 0 Å². The fourth-order valence-electron chi connectivity index (χ4n) is 2.01. The molecule has 0 heterocycles. The van der Waals surface area contributed by atoms with Crippen molar-refractivity contribution in [1.29, 1.82) is 0 Å². The molecule has 0 aromatic heterocycles. The summed E-state index contributed by atoms with van der Waals surface area (Å²) in [6.45, 7) is 2.11. The molecule has 1 atom stereocenters. The van der Waals surface area contributed by atoms with Gasteiger partial charge < -0.3 is 5.11 Å². The van der Waals surface area contributed by atoms with Crippen LogP contribution in [0.5, 0.6) is 0 Å². The van der Waals surface area contributed by atoms with Crippen LogP contribution in [0.4, 0.5) is 8.78 Å². The summed E-state index contributed by atoms with van der Waals surface area (Å²) in [7, 11) is 0. The quantitative estimate of drug-likeness (QED) is 0.888. The standard InChI is InChI=1S/C16H16F2O/c1-11(10-19)8-12-2-4-13(5-3-12)15-7-6-14(17)9-16(15)18/h2-7,9,11,19H,8,10H2,1H3/t11-/m0/s1. The summed E-state index contributed by atoms with van der Waals surface area (Å²) in [6.07, 6.45) is 0.780. The third-order valence-electron chi connectivity index (χ3n) is 3.09. The predicted molar refractivity (Wildman–Crippen MR) is 71.7 cm³/mol. The molecular formula is C16H16F2O. The maximum Gasteiger partial charge on any atom is 0.133 e. The smallest absolute Gasteiger partial charge is 0.133 e. The van der Waals surface area contributed by atoms with Crippen molar-refractivity contribution in [2.75, 3.05) is 6.61 Å². The minimum atomic E-state index is -0.574. The molecule has 0 aliphatic heterocycles. The number of rotatable bonds is 4. The first-order chi connectivity index (χ1) is 9.10. The topological polar surface area (TPSA) is 20.2 Å². The number of aliphatic hydroxyl groups excluding tert-OH is 1. The number of hydrogen-bond acceptors (Lipinski definition) is 1. The molecule has 0 fully saturated rings. The predicted octanol–water partition coefficient (Wildman–Crippen LogP) is 3.80. The van der Waals surface area contributed by atoms with Crippen LogP contribution in [0.25, 0.3) is 11.1 Å². The lowest BCUT2D eigenvalue weighted by Crippen LogP contribution is -2.04. The van der Waals surface area contributed by atoms with Crippen molar-refractivity contribution in [2.45, 2.75) is 13.3 Å². The van der Waals surface area contributed by atoms with E-state index in [0.29, 0.717) is 5.56 Å². The average Bonchev–Trinajstić information content (AvgIpc) is 2.40. The van der Waals surface area contributed by atoms with Crippen LogP contribution in [0, 0.1) is 17.6 Å². The lowest BCUT2D eigenvalue weighted by Gasteiger charge is -2.09. The molecule has 2 rings (SSSR count). The second kappa shape index (κ2) is 5.93. The van der Waals surface area contributed by atoms with Crippen molar-refractivity contribution < 1.29 is 13.9 Å². The third kappa shape index (κ3) is 3.38. The van der Waals surface area contributed by atoms with E-state index in [1.54, 1.807) is 0 Å². The molecule has 0 amide bonds. The summed E-state index contributed by atoms with van der Waals surface area (Å²) in [5.74, 6) is -0.931. The van der Waals surface area contributed by atoms with Crippen LogP contribution < -0.4 is 0 Å². The summed E-state index contributed by atoms with van der Waals surface area (Å²) in [5, 5.41) is 9.01. The first-order valence-electron chi connectivity index (χ1n) is 6.25. The highest BCUT2D eigenvalue weighted by atomic mass is 19.1. The Balaban J connectivity index is 2.22. The molecule has 2 aromatic rings. The second-order valence-electron chi connectivity index (χ2n) is 4.81. The van der Waals surface area contributed by atoms with Crippen LogP contribution in [-0.4, -0.2) is 11.7 Å². The molecule has 0 saturated heterocycles. The molecule has 0 spiro atoms. The first kappa shape index (κ1) is 13.7. The van der Waals surface area contributed by atoms with Crippen LogP contribution in [0.1, 0.15) is 12.5 Å². The highest BCUT2D eigenvalue weighted by molar-refractivity contribution is 5.64. The zero-order valence-electron chi connectivity index (χ0n) is 10.7. The van der Waals surface area contributed by atoms with Gasteiger partial charge in [0.1, 0.15) is 11.6 Å². The molecule has 1 N–H and O–H groups in total. The van der Waals surface area contributed by atoms with Crippen molar-refractivity contribution in [3.8, 4) is 11.1 Å². The van der Waals surface area contributed by atoms with Gasteiger partial charge in [-0.05, 0) is 35.6 Å². The maximum absolute atomic E-state index is 13.6. The Labute approximate surface area is 111 Å². The van der Waals surface area contributed by atoms with E-state index in [9.17, 15) is 8.78 Å². The monoisotopic (exact) mass is 262 g/mol. The van der Waals surface area contributed by atoms with E-state index in [4.69, 9.17) is 5.11 Å². The fourth-order valence-corrected chi connectivity index (χ4v) is 2.01. The van der Waals surface area contributed by atoms with Gasteiger partial charge in [-0.2, -0.15) is 0 Å². The fraction of sp³-hybridized carbons (Fsp3) is 0.250. The largest absolute Gasteiger partial charge is 0.396 e. The van der Waals surface area contributed by atoms with E-state index in [1.165, 1.54) is 12.1 Å². The Morgan fingerprint density at radius 3 is 2.32 bits per heavy atom. The number of hydrogen-bond donors (Lipinski definition) is 1. The normalized spacial score (nSPS) is 12.4. The molecule has 0 bridgehead atoms. The molecule has 0 aliphatic carbocycles. The summed E-state index contributed by atoms with van der Waals surface area (Å²) >= 11 is 0. The Kier molecular flexibility index (Phi) is 4.27. The van der Waals surface area contributed by atoms with Gasteiger partial charge in [-0.15, -0.1) is 0 Å². The minimum Gasteiger partial charge on any atom is -0.396 e. The van der Waals surface area contributed by atoms with Crippen LogP contribution in [0.2, 0.25) is 0 Å². The Hall–Kier alpha value is -1.74. The lowest BCUT2D eigenvalue weighted by atomic mass is 9.98. The second-order valence-corrected chi connectivity index (χ2v) is 4.81. The van der Waals surface area contributed by atoms with Crippen molar-refractivity contribution in [1.82, 2.24) is 0 Å². The van der Waals surface area contributed by atoms with E-state index in [1.807, 2.05) is 31.2 Å². The highest BCUT2D eigenvalue weighted by Crippen LogP contribution is 2.24. The molecule has 3 heteroatoms. The Morgan fingerprint density at radius 1 is 1.05 bits per heavy atom. The molecule has 0 unspecified atom stereocenters. The molecule has 1 nitrogen and oxygen atoms in total. The SMILES string of the molecule is C[C@H](CO)Cc1ccc(-c2ccc(F)cc2F)cc1. The summed E-state index contributed by atoms with van der Waals surface area (Å²) in [6, 6.07) is 11.0. The lowest BCUT2D eigenvalue weighted by molar-refractivity contribution is 0.237. The van der Waals surface area contributed by atoms with Gasteiger partial charge in [0, 0.05) is 18.2 Å². The number of aliphatic hydroxyl groups is 1. The Morgan fingerprint density at radius 2 is 1.74 bits per heavy atom. The molecular weight excluding hydrogens is 246 g/mol. The molecule has 2 aromatic carbocycles.